The SMILES string of the molecule is C[C@@H]1C=C(CO)[C@H](O)C(O)[C@@H]1O. The summed E-state index contributed by atoms with van der Waals surface area (Å²) in [6.07, 6.45) is -1.69. The molecule has 0 fully saturated rings. The number of aliphatic hydroxyl groups is 4. The Bertz CT molecular complexity index is 189. The molecular formula is C8H14O4. The molecule has 12 heavy (non-hydrogen) atoms. The Hall–Kier alpha value is -0.420. The van der Waals surface area contributed by atoms with E-state index in [1.807, 2.05) is 0 Å². The van der Waals surface area contributed by atoms with Crippen LogP contribution < -0.4 is 0 Å². The van der Waals surface area contributed by atoms with Crippen LogP contribution in [-0.2, 0) is 0 Å². The van der Waals surface area contributed by atoms with Gasteiger partial charge in [-0.05, 0) is 5.57 Å². The molecule has 4 atom stereocenters. The first-order valence-electron chi connectivity index (χ1n) is 3.93. The highest BCUT2D eigenvalue weighted by atomic mass is 16.4. The third-order valence-corrected chi connectivity index (χ3v) is 2.25. The van der Waals surface area contributed by atoms with E-state index in [0.717, 1.165) is 0 Å². The van der Waals surface area contributed by atoms with Crippen molar-refractivity contribution in [1.29, 1.82) is 0 Å². The molecule has 70 valence electrons. The van der Waals surface area contributed by atoms with Gasteiger partial charge in [0.15, 0.2) is 0 Å². The van der Waals surface area contributed by atoms with Gasteiger partial charge in [-0.15, -0.1) is 0 Å². The Morgan fingerprint density at radius 1 is 1.25 bits per heavy atom. The van der Waals surface area contributed by atoms with E-state index >= 15 is 0 Å². The Morgan fingerprint density at radius 3 is 2.33 bits per heavy atom. The van der Waals surface area contributed by atoms with Crippen LogP contribution in [0, 0.1) is 5.92 Å². The molecule has 0 aromatic carbocycles. The summed E-state index contributed by atoms with van der Waals surface area (Å²) in [5.74, 6) is -0.231. The van der Waals surface area contributed by atoms with E-state index in [1.165, 1.54) is 0 Å². The molecule has 0 aromatic heterocycles. The van der Waals surface area contributed by atoms with Crippen LogP contribution >= 0.6 is 0 Å². The Morgan fingerprint density at radius 2 is 1.83 bits per heavy atom. The average Bonchev–Trinajstić information content (AvgIpc) is 2.08. The molecular weight excluding hydrogens is 160 g/mol. The summed E-state index contributed by atoms with van der Waals surface area (Å²) in [7, 11) is 0. The lowest BCUT2D eigenvalue weighted by molar-refractivity contribution is -0.0699. The first-order chi connectivity index (χ1) is 5.57. The molecule has 0 heterocycles. The maximum Gasteiger partial charge on any atom is 0.110 e. The van der Waals surface area contributed by atoms with Crippen LogP contribution in [0.15, 0.2) is 11.6 Å². The van der Waals surface area contributed by atoms with Gasteiger partial charge in [0.2, 0.25) is 0 Å². The van der Waals surface area contributed by atoms with Crippen LogP contribution in [0.5, 0.6) is 0 Å². The van der Waals surface area contributed by atoms with E-state index in [9.17, 15) is 15.3 Å². The van der Waals surface area contributed by atoms with Gasteiger partial charge in [0.1, 0.15) is 12.2 Å². The average molecular weight is 174 g/mol. The topological polar surface area (TPSA) is 80.9 Å². The van der Waals surface area contributed by atoms with Crippen molar-refractivity contribution in [2.45, 2.75) is 25.2 Å². The normalized spacial score (nSPS) is 42.6. The predicted octanol–water partition coefficient (Wildman–Crippen LogP) is -1.36. The summed E-state index contributed by atoms with van der Waals surface area (Å²) >= 11 is 0. The molecule has 0 bridgehead atoms. The zero-order valence-electron chi connectivity index (χ0n) is 6.88. The lowest BCUT2D eigenvalue weighted by atomic mass is 9.85. The van der Waals surface area contributed by atoms with E-state index in [4.69, 9.17) is 5.11 Å². The van der Waals surface area contributed by atoms with E-state index in [-0.39, 0.29) is 12.5 Å². The van der Waals surface area contributed by atoms with Crippen LogP contribution in [0.25, 0.3) is 0 Å². The van der Waals surface area contributed by atoms with E-state index in [2.05, 4.69) is 0 Å². The molecule has 4 nitrogen and oxygen atoms in total. The molecule has 1 unspecified atom stereocenters. The lowest BCUT2D eigenvalue weighted by Gasteiger charge is -2.32. The second-order valence-electron chi connectivity index (χ2n) is 3.18. The van der Waals surface area contributed by atoms with Crippen LogP contribution in [0.1, 0.15) is 6.92 Å². The summed E-state index contributed by atoms with van der Waals surface area (Å²) in [5, 5.41) is 36.6. The zero-order valence-corrected chi connectivity index (χ0v) is 6.88. The third-order valence-electron chi connectivity index (χ3n) is 2.25. The second-order valence-corrected chi connectivity index (χ2v) is 3.18. The number of hydrogen-bond donors (Lipinski definition) is 4. The van der Waals surface area contributed by atoms with E-state index in [1.54, 1.807) is 13.0 Å². The molecule has 4 N–H and O–H groups in total. The van der Waals surface area contributed by atoms with Crippen LogP contribution in [0.3, 0.4) is 0 Å². The van der Waals surface area contributed by atoms with Crippen LogP contribution in [0.4, 0.5) is 0 Å². The molecule has 4 heteroatoms. The summed E-state index contributed by atoms with van der Waals surface area (Å²) < 4.78 is 0. The summed E-state index contributed by atoms with van der Waals surface area (Å²) in [4.78, 5) is 0. The molecule has 0 amide bonds. The summed E-state index contributed by atoms with van der Waals surface area (Å²) in [5.41, 5.74) is 0.375. The standard InChI is InChI=1S/C8H14O4/c1-4-2-5(3-9)7(11)8(12)6(4)10/h2,4,6-12H,3H2,1H3/t4-,6-,7+,8?/m1/s1. The fraction of sp³-hybridized carbons (Fsp3) is 0.750. The van der Waals surface area contributed by atoms with Gasteiger partial charge in [-0.2, -0.15) is 0 Å². The van der Waals surface area contributed by atoms with Crippen molar-refractivity contribution in [1.82, 2.24) is 0 Å². The molecule has 0 saturated carbocycles. The smallest absolute Gasteiger partial charge is 0.110 e. The maximum absolute atomic E-state index is 9.29. The quantitative estimate of drug-likeness (QED) is 0.370. The molecule has 0 spiro atoms. The Balaban J connectivity index is 2.84. The van der Waals surface area contributed by atoms with Gasteiger partial charge in [0, 0.05) is 5.92 Å². The summed E-state index contributed by atoms with van der Waals surface area (Å²) in [6.45, 7) is 1.44. The fourth-order valence-electron chi connectivity index (χ4n) is 1.40. The van der Waals surface area contributed by atoms with Gasteiger partial charge in [-0.1, -0.05) is 13.0 Å². The van der Waals surface area contributed by atoms with Crippen molar-refractivity contribution < 1.29 is 20.4 Å². The first kappa shape index (κ1) is 9.67. The van der Waals surface area contributed by atoms with Gasteiger partial charge in [0.05, 0.1) is 12.7 Å². The first-order valence-corrected chi connectivity index (χ1v) is 3.93. The van der Waals surface area contributed by atoms with E-state index < -0.39 is 18.3 Å². The minimum absolute atomic E-state index is 0.231. The van der Waals surface area contributed by atoms with Crippen molar-refractivity contribution in [2.75, 3.05) is 6.61 Å². The largest absolute Gasteiger partial charge is 0.392 e. The third kappa shape index (κ3) is 1.51. The summed E-state index contributed by atoms with van der Waals surface area (Å²) in [6, 6.07) is 0. The molecule has 0 aliphatic heterocycles. The van der Waals surface area contributed by atoms with Crippen molar-refractivity contribution >= 4 is 0 Å². The molecule has 1 aliphatic rings. The molecule has 0 aromatic rings. The lowest BCUT2D eigenvalue weighted by Crippen LogP contribution is -2.45. The fourth-order valence-corrected chi connectivity index (χ4v) is 1.40. The Labute approximate surface area is 70.8 Å². The van der Waals surface area contributed by atoms with Gasteiger partial charge in [-0.3, -0.25) is 0 Å². The van der Waals surface area contributed by atoms with E-state index in [0.29, 0.717) is 5.57 Å². The van der Waals surface area contributed by atoms with Crippen LogP contribution in [0.2, 0.25) is 0 Å². The number of hydrogen-bond acceptors (Lipinski definition) is 4. The highest BCUT2D eigenvalue weighted by molar-refractivity contribution is 5.18. The Kier molecular flexibility index (Phi) is 2.85. The molecule has 0 radical (unpaired) electrons. The molecule has 1 aliphatic carbocycles. The van der Waals surface area contributed by atoms with Crippen molar-refractivity contribution in [3.8, 4) is 0 Å². The zero-order chi connectivity index (χ0) is 9.30. The minimum Gasteiger partial charge on any atom is -0.392 e. The van der Waals surface area contributed by atoms with Gasteiger partial charge in [-0.25, -0.2) is 0 Å². The van der Waals surface area contributed by atoms with Gasteiger partial charge < -0.3 is 20.4 Å². The van der Waals surface area contributed by atoms with Crippen molar-refractivity contribution in [3.05, 3.63) is 11.6 Å². The molecule has 1 rings (SSSR count). The van der Waals surface area contributed by atoms with Gasteiger partial charge in [0.25, 0.3) is 0 Å². The maximum atomic E-state index is 9.29. The second kappa shape index (κ2) is 3.53. The van der Waals surface area contributed by atoms with Gasteiger partial charge >= 0.3 is 0 Å². The minimum atomic E-state index is -1.19. The van der Waals surface area contributed by atoms with Crippen LogP contribution in [-0.4, -0.2) is 45.3 Å². The monoisotopic (exact) mass is 174 g/mol. The van der Waals surface area contributed by atoms with Crippen molar-refractivity contribution in [3.63, 3.8) is 0 Å². The molecule has 0 saturated heterocycles. The number of aliphatic hydroxyl groups excluding tert-OH is 4. The predicted molar refractivity (Wildman–Crippen MR) is 42.4 cm³/mol. The highest BCUT2D eigenvalue weighted by Crippen LogP contribution is 2.23. The number of rotatable bonds is 1. The highest BCUT2D eigenvalue weighted by Gasteiger charge is 2.34. The van der Waals surface area contributed by atoms with Crippen molar-refractivity contribution in [2.24, 2.45) is 5.92 Å².